The summed E-state index contributed by atoms with van der Waals surface area (Å²) in [5.41, 5.74) is 1.56. The predicted octanol–water partition coefficient (Wildman–Crippen LogP) is 2.61. The fourth-order valence-corrected chi connectivity index (χ4v) is 1.38. The molecule has 1 aromatic heterocycles. The number of rotatable bonds is 1. The van der Waals surface area contributed by atoms with E-state index in [2.05, 4.69) is 10.1 Å². The van der Waals surface area contributed by atoms with Gasteiger partial charge in [0, 0.05) is 17.1 Å². The first-order valence-electron chi connectivity index (χ1n) is 4.04. The van der Waals surface area contributed by atoms with Crippen molar-refractivity contribution >= 4 is 27.7 Å². The Balaban J connectivity index is 2.62. The van der Waals surface area contributed by atoms with Crippen LogP contribution < -0.4 is 0 Å². The Kier molecular flexibility index (Phi) is 2.33. The highest BCUT2D eigenvalue weighted by molar-refractivity contribution is 6.69. The number of halogens is 1. The Morgan fingerprint density at radius 3 is 3.00 bits per heavy atom. The van der Waals surface area contributed by atoms with Crippen LogP contribution in [0.5, 0.6) is 0 Å². The largest absolute Gasteiger partial charge is 0.410 e. The van der Waals surface area contributed by atoms with Crippen molar-refractivity contribution in [2.45, 2.75) is 0 Å². The summed E-state index contributed by atoms with van der Waals surface area (Å²) in [6.45, 7) is 0. The molecule has 0 bridgehead atoms. The molecule has 0 spiro atoms. The van der Waals surface area contributed by atoms with Gasteiger partial charge >= 0.3 is 0 Å². The molecule has 0 aliphatic rings. The quantitative estimate of drug-likeness (QED) is 0.443. The minimum Gasteiger partial charge on any atom is -0.410 e. The van der Waals surface area contributed by atoms with Crippen molar-refractivity contribution in [1.82, 2.24) is 4.98 Å². The number of hydrogen-bond acceptors (Lipinski definition) is 3. The van der Waals surface area contributed by atoms with Gasteiger partial charge in [0.25, 0.3) is 0 Å². The number of hydrogen-bond donors (Lipinski definition) is 1. The van der Waals surface area contributed by atoms with Gasteiger partial charge < -0.3 is 5.21 Å². The van der Waals surface area contributed by atoms with Crippen LogP contribution in [0.3, 0.4) is 0 Å². The molecular weight excluding hydrogens is 200 g/mol. The first-order valence-corrected chi connectivity index (χ1v) is 4.42. The molecule has 0 saturated heterocycles. The van der Waals surface area contributed by atoms with Crippen LogP contribution in [-0.2, 0) is 0 Å². The SMILES string of the molecule is ON=C(Cl)c1ccc2ncccc2c1. The molecule has 70 valence electrons. The molecule has 3 nitrogen and oxygen atoms in total. The van der Waals surface area contributed by atoms with E-state index in [1.807, 2.05) is 24.3 Å². The molecule has 0 fully saturated rings. The molecule has 0 aliphatic carbocycles. The summed E-state index contributed by atoms with van der Waals surface area (Å²) in [6, 6.07) is 9.18. The minimum absolute atomic E-state index is 0.0794. The van der Waals surface area contributed by atoms with Crippen molar-refractivity contribution in [3.05, 3.63) is 42.1 Å². The first kappa shape index (κ1) is 8.97. The van der Waals surface area contributed by atoms with E-state index in [1.165, 1.54) is 0 Å². The van der Waals surface area contributed by atoms with Gasteiger partial charge in [0.1, 0.15) is 0 Å². The minimum atomic E-state index is 0.0794. The van der Waals surface area contributed by atoms with Gasteiger partial charge in [-0.25, -0.2) is 0 Å². The molecule has 14 heavy (non-hydrogen) atoms. The van der Waals surface area contributed by atoms with Crippen LogP contribution in [0.15, 0.2) is 41.7 Å². The van der Waals surface area contributed by atoms with Crippen molar-refractivity contribution < 1.29 is 5.21 Å². The standard InChI is InChI=1S/C10H7ClN2O/c11-10(13-14)8-3-4-9-7(6-8)2-1-5-12-9/h1-6,14H. The van der Waals surface area contributed by atoms with Crippen LogP contribution in [0.1, 0.15) is 5.56 Å². The second-order valence-electron chi connectivity index (χ2n) is 2.80. The van der Waals surface area contributed by atoms with Gasteiger partial charge in [-0.1, -0.05) is 22.8 Å². The normalized spacial score (nSPS) is 11.9. The Morgan fingerprint density at radius 2 is 2.21 bits per heavy atom. The molecule has 4 heteroatoms. The Bertz CT molecular complexity index is 496. The van der Waals surface area contributed by atoms with Crippen LogP contribution in [0.25, 0.3) is 10.9 Å². The van der Waals surface area contributed by atoms with E-state index < -0.39 is 0 Å². The van der Waals surface area contributed by atoms with Crippen molar-refractivity contribution in [2.24, 2.45) is 5.16 Å². The monoisotopic (exact) mass is 206 g/mol. The Labute approximate surface area is 85.6 Å². The molecule has 2 aromatic rings. The van der Waals surface area contributed by atoms with Crippen molar-refractivity contribution in [3.63, 3.8) is 0 Å². The second kappa shape index (κ2) is 3.64. The van der Waals surface area contributed by atoms with Crippen LogP contribution in [-0.4, -0.2) is 15.4 Å². The highest BCUT2D eigenvalue weighted by Crippen LogP contribution is 2.14. The van der Waals surface area contributed by atoms with Gasteiger partial charge in [-0.05, 0) is 24.3 Å². The molecule has 1 heterocycles. The second-order valence-corrected chi connectivity index (χ2v) is 3.16. The van der Waals surface area contributed by atoms with Gasteiger partial charge in [0.15, 0.2) is 5.17 Å². The maximum atomic E-state index is 8.50. The summed E-state index contributed by atoms with van der Waals surface area (Å²) in [5, 5.41) is 12.5. The summed E-state index contributed by atoms with van der Waals surface area (Å²) in [6.07, 6.45) is 1.73. The predicted molar refractivity (Wildman–Crippen MR) is 55.9 cm³/mol. The van der Waals surface area contributed by atoms with Gasteiger partial charge in [-0.15, -0.1) is 0 Å². The summed E-state index contributed by atoms with van der Waals surface area (Å²) >= 11 is 5.67. The summed E-state index contributed by atoms with van der Waals surface area (Å²) in [5.74, 6) is 0. The lowest BCUT2D eigenvalue weighted by Gasteiger charge is -1.99. The molecule has 0 unspecified atom stereocenters. The van der Waals surface area contributed by atoms with E-state index in [0.29, 0.717) is 5.56 Å². The summed E-state index contributed by atoms with van der Waals surface area (Å²) in [4.78, 5) is 4.16. The van der Waals surface area contributed by atoms with Crippen LogP contribution >= 0.6 is 11.6 Å². The maximum absolute atomic E-state index is 8.50. The average molecular weight is 207 g/mol. The van der Waals surface area contributed by atoms with Crippen LogP contribution in [0.4, 0.5) is 0 Å². The van der Waals surface area contributed by atoms with E-state index in [-0.39, 0.29) is 5.17 Å². The van der Waals surface area contributed by atoms with Crippen molar-refractivity contribution in [2.75, 3.05) is 0 Å². The van der Waals surface area contributed by atoms with E-state index in [1.54, 1.807) is 12.3 Å². The smallest absolute Gasteiger partial charge is 0.175 e. The van der Waals surface area contributed by atoms with E-state index in [9.17, 15) is 0 Å². The van der Waals surface area contributed by atoms with Crippen LogP contribution in [0.2, 0.25) is 0 Å². The zero-order valence-electron chi connectivity index (χ0n) is 7.18. The lowest BCUT2D eigenvalue weighted by molar-refractivity contribution is 0.321. The fourth-order valence-electron chi connectivity index (χ4n) is 1.26. The zero-order chi connectivity index (χ0) is 9.97. The molecule has 0 atom stereocenters. The molecule has 0 amide bonds. The lowest BCUT2D eigenvalue weighted by Crippen LogP contribution is -1.90. The molecule has 0 saturated carbocycles. The third kappa shape index (κ3) is 1.54. The average Bonchev–Trinajstić information content (AvgIpc) is 2.27. The van der Waals surface area contributed by atoms with Gasteiger partial charge in [-0.2, -0.15) is 0 Å². The fraction of sp³-hybridized carbons (Fsp3) is 0. The molecule has 0 aliphatic heterocycles. The summed E-state index contributed by atoms with van der Waals surface area (Å²) < 4.78 is 0. The Morgan fingerprint density at radius 1 is 1.36 bits per heavy atom. The van der Waals surface area contributed by atoms with Gasteiger partial charge in [0.05, 0.1) is 5.52 Å². The molecule has 1 N–H and O–H groups in total. The number of aromatic nitrogens is 1. The Hall–Kier alpha value is -1.61. The highest BCUT2D eigenvalue weighted by atomic mass is 35.5. The lowest BCUT2D eigenvalue weighted by atomic mass is 10.1. The number of fused-ring (bicyclic) bond motifs is 1. The molecular formula is C10H7ClN2O. The van der Waals surface area contributed by atoms with Gasteiger partial charge in [0.2, 0.25) is 0 Å². The topological polar surface area (TPSA) is 45.5 Å². The van der Waals surface area contributed by atoms with Gasteiger partial charge in [-0.3, -0.25) is 4.98 Å². The highest BCUT2D eigenvalue weighted by Gasteiger charge is 2.01. The van der Waals surface area contributed by atoms with Crippen molar-refractivity contribution in [3.8, 4) is 0 Å². The molecule has 0 radical (unpaired) electrons. The van der Waals surface area contributed by atoms with Crippen LogP contribution in [0, 0.1) is 0 Å². The third-order valence-corrected chi connectivity index (χ3v) is 2.22. The molecule has 2 rings (SSSR count). The number of nitrogens with zero attached hydrogens (tertiary/aromatic N) is 2. The van der Waals surface area contributed by atoms with E-state index >= 15 is 0 Å². The third-order valence-electron chi connectivity index (χ3n) is 1.93. The van der Waals surface area contributed by atoms with Crippen molar-refractivity contribution in [1.29, 1.82) is 0 Å². The number of oxime groups is 1. The van der Waals surface area contributed by atoms with E-state index in [0.717, 1.165) is 10.9 Å². The number of benzene rings is 1. The zero-order valence-corrected chi connectivity index (χ0v) is 7.94. The number of pyridine rings is 1. The van der Waals surface area contributed by atoms with E-state index in [4.69, 9.17) is 16.8 Å². The maximum Gasteiger partial charge on any atom is 0.175 e. The first-order chi connectivity index (χ1) is 6.81. The summed E-state index contributed by atoms with van der Waals surface area (Å²) in [7, 11) is 0. The molecule has 1 aromatic carbocycles.